The van der Waals surface area contributed by atoms with Gasteiger partial charge in [0.2, 0.25) is 0 Å². The molecule has 8 nitrogen and oxygen atoms in total. The summed E-state index contributed by atoms with van der Waals surface area (Å²) >= 11 is 1.85. The molecule has 1 N–H and O–H groups in total. The highest BCUT2D eigenvalue weighted by atomic mass is 127. The number of hydrogen-bond acceptors (Lipinski definition) is 6. The van der Waals surface area contributed by atoms with Gasteiger partial charge in [-0.2, -0.15) is 0 Å². The molecular formula is C17H26INO7Si. The summed E-state index contributed by atoms with van der Waals surface area (Å²) in [5.74, 6) is -0.932. The van der Waals surface area contributed by atoms with Gasteiger partial charge < -0.3 is 23.1 Å². The maximum Gasteiger partial charge on any atom is 0.638 e. The van der Waals surface area contributed by atoms with E-state index in [1.807, 2.05) is 29.5 Å². The van der Waals surface area contributed by atoms with E-state index in [1.54, 1.807) is 26.8 Å². The lowest BCUT2D eigenvalue weighted by molar-refractivity contribution is 0.0209. The van der Waals surface area contributed by atoms with Crippen molar-refractivity contribution in [3.8, 4) is 5.75 Å². The van der Waals surface area contributed by atoms with E-state index in [0.717, 1.165) is 0 Å². The molecule has 0 aliphatic rings. The average Bonchev–Trinajstić information content (AvgIpc) is 2.61. The summed E-state index contributed by atoms with van der Waals surface area (Å²) in [6.45, 7) is 8.57. The van der Waals surface area contributed by atoms with Crippen molar-refractivity contribution in [3.63, 3.8) is 0 Å². The zero-order valence-corrected chi connectivity index (χ0v) is 19.1. The molecule has 0 aliphatic carbocycles. The highest BCUT2D eigenvalue weighted by Gasteiger charge is 2.52. The van der Waals surface area contributed by atoms with Gasteiger partial charge in [0, 0.05) is 26.4 Å². The third-order valence-corrected chi connectivity index (χ3v) is 7.51. The van der Waals surface area contributed by atoms with E-state index in [4.69, 9.17) is 18.0 Å². The number of rotatable bonds is 11. The van der Waals surface area contributed by atoms with Gasteiger partial charge in [-0.25, -0.2) is 9.59 Å². The Hall–Kier alpha value is -1.21. The van der Waals surface area contributed by atoms with Crippen LogP contribution in [0.4, 0.5) is 4.79 Å². The smallest absolute Gasteiger partial charge is 0.478 e. The molecule has 0 spiro atoms. The summed E-state index contributed by atoms with van der Waals surface area (Å²) < 4.78 is 24.6. The van der Waals surface area contributed by atoms with Crippen LogP contribution < -0.4 is 4.74 Å². The molecule has 0 saturated heterocycles. The highest BCUT2D eigenvalue weighted by molar-refractivity contribution is 14.1. The third-order valence-electron chi connectivity index (χ3n) is 3.37. The quantitative estimate of drug-likeness (QED) is 0.357. The molecule has 0 aromatic heterocycles. The second-order valence-corrected chi connectivity index (χ2v) is 8.80. The SMILES string of the molecule is CCCN(C(=O)Oc1cccc(C(=O)O)c1I)[Si](OCC)(OCC)OCC. The van der Waals surface area contributed by atoms with Crippen LogP contribution in [0.2, 0.25) is 0 Å². The van der Waals surface area contributed by atoms with Gasteiger partial charge in [0.05, 0.1) is 9.13 Å². The number of carbonyl (C=O) groups is 2. The standard InChI is InChI=1S/C17H26INO7Si/c1-5-12-19(27(23-6-2,24-7-3)25-8-4)17(22)26-14-11-9-10-13(15(14)18)16(20)21/h9-11H,5-8,12H2,1-4H3,(H,20,21). The summed E-state index contributed by atoms with van der Waals surface area (Å²) in [4.78, 5) is 24.3. The predicted molar refractivity (Wildman–Crippen MR) is 110 cm³/mol. The molecule has 0 aliphatic heterocycles. The van der Waals surface area contributed by atoms with E-state index in [-0.39, 0.29) is 11.3 Å². The first-order chi connectivity index (χ1) is 12.9. The van der Waals surface area contributed by atoms with E-state index >= 15 is 0 Å². The minimum Gasteiger partial charge on any atom is -0.478 e. The summed E-state index contributed by atoms with van der Waals surface area (Å²) in [5.41, 5.74) is 0.0610. The molecule has 0 atom stereocenters. The normalized spacial score (nSPS) is 11.3. The number of nitrogens with zero attached hydrogens (tertiary/aromatic N) is 1. The van der Waals surface area contributed by atoms with Crippen molar-refractivity contribution >= 4 is 43.6 Å². The topological polar surface area (TPSA) is 94.5 Å². The molecule has 1 aromatic rings. The number of benzene rings is 1. The van der Waals surface area contributed by atoms with Crippen LogP contribution in [0.25, 0.3) is 0 Å². The number of ether oxygens (including phenoxy) is 1. The predicted octanol–water partition coefficient (Wildman–Crippen LogP) is 3.75. The van der Waals surface area contributed by atoms with Crippen molar-refractivity contribution in [2.75, 3.05) is 26.4 Å². The van der Waals surface area contributed by atoms with Gasteiger partial charge >= 0.3 is 21.0 Å². The van der Waals surface area contributed by atoms with E-state index in [9.17, 15) is 14.7 Å². The van der Waals surface area contributed by atoms with Crippen molar-refractivity contribution in [3.05, 3.63) is 27.3 Å². The molecule has 10 heteroatoms. The molecule has 1 amide bonds. The second-order valence-electron chi connectivity index (χ2n) is 5.27. The van der Waals surface area contributed by atoms with Crippen molar-refractivity contribution in [2.45, 2.75) is 34.1 Å². The Morgan fingerprint density at radius 3 is 2.07 bits per heavy atom. The minimum atomic E-state index is -3.48. The molecule has 0 heterocycles. The average molecular weight is 511 g/mol. The van der Waals surface area contributed by atoms with Crippen molar-refractivity contribution in [1.82, 2.24) is 4.57 Å². The molecule has 0 unspecified atom stereocenters. The number of amides is 1. The largest absolute Gasteiger partial charge is 0.638 e. The van der Waals surface area contributed by atoms with Crippen LogP contribution in [-0.2, 0) is 13.3 Å². The molecule has 0 saturated carbocycles. The van der Waals surface area contributed by atoms with Crippen molar-refractivity contribution < 1.29 is 32.7 Å². The van der Waals surface area contributed by atoms with Crippen LogP contribution >= 0.6 is 22.6 Å². The number of hydrogen-bond donors (Lipinski definition) is 1. The number of halogens is 1. The maximum absolute atomic E-state index is 13.0. The molecule has 27 heavy (non-hydrogen) atoms. The van der Waals surface area contributed by atoms with Crippen LogP contribution in [-0.4, -0.2) is 57.1 Å². The highest BCUT2D eigenvalue weighted by Crippen LogP contribution is 2.26. The molecule has 1 rings (SSSR count). The lowest BCUT2D eigenvalue weighted by Crippen LogP contribution is -2.64. The van der Waals surface area contributed by atoms with Gasteiger partial charge in [0.25, 0.3) is 0 Å². The van der Waals surface area contributed by atoms with E-state index in [1.165, 1.54) is 16.7 Å². The Kier molecular flexibility index (Phi) is 10.2. The van der Waals surface area contributed by atoms with Crippen LogP contribution in [0, 0.1) is 3.57 Å². The van der Waals surface area contributed by atoms with Crippen molar-refractivity contribution in [2.24, 2.45) is 0 Å². The second kappa shape index (κ2) is 11.6. The van der Waals surface area contributed by atoms with Crippen LogP contribution in [0.5, 0.6) is 5.75 Å². The van der Waals surface area contributed by atoms with Crippen LogP contribution in [0.15, 0.2) is 18.2 Å². The first-order valence-corrected chi connectivity index (χ1v) is 11.5. The molecule has 0 fully saturated rings. The first kappa shape index (κ1) is 23.8. The fourth-order valence-corrected chi connectivity index (χ4v) is 5.65. The Bertz CT molecular complexity index is 627. The monoisotopic (exact) mass is 511 g/mol. The Morgan fingerprint density at radius 1 is 1.07 bits per heavy atom. The van der Waals surface area contributed by atoms with Gasteiger partial charge in [0.1, 0.15) is 5.75 Å². The zero-order chi connectivity index (χ0) is 20.4. The van der Waals surface area contributed by atoms with E-state index in [0.29, 0.717) is 36.4 Å². The Balaban J connectivity index is 3.23. The van der Waals surface area contributed by atoms with Crippen molar-refractivity contribution in [1.29, 1.82) is 0 Å². The molecule has 0 radical (unpaired) electrons. The number of carboxylic acid groups (broad SMARTS) is 1. The first-order valence-electron chi connectivity index (χ1n) is 8.79. The molecule has 0 bridgehead atoms. The number of carboxylic acids is 1. The van der Waals surface area contributed by atoms with Crippen LogP contribution in [0.3, 0.4) is 0 Å². The lowest BCUT2D eigenvalue weighted by Gasteiger charge is -2.36. The minimum absolute atomic E-state index is 0.0610. The molecule has 152 valence electrons. The van der Waals surface area contributed by atoms with Gasteiger partial charge in [-0.1, -0.05) is 13.0 Å². The fraction of sp³-hybridized carbons (Fsp3) is 0.529. The summed E-state index contributed by atoms with van der Waals surface area (Å²) in [5, 5.41) is 9.25. The molecular weight excluding hydrogens is 485 g/mol. The van der Waals surface area contributed by atoms with Gasteiger partial charge in [0.15, 0.2) is 0 Å². The molecule has 1 aromatic carbocycles. The third kappa shape index (κ3) is 6.14. The van der Waals surface area contributed by atoms with Gasteiger partial charge in [-0.3, -0.25) is 4.57 Å². The fourth-order valence-electron chi connectivity index (χ4n) is 2.37. The summed E-state index contributed by atoms with van der Waals surface area (Å²) in [6, 6.07) is 4.52. The zero-order valence-electron chi connectivity index (χ0n) is 16.0. The van der Waals surface area contributed by atoms with Gasteiger partial charge in [-0.15, -0.1) is 0 Å². The number of aromatic carboxylic acids is 1. The summed E-state index contributed by atoms with van der Waals surface area (Å²) in [7, 11) is -3.48. The van der Waals surface area contributed by atoms with Gasteiger partial charge in [-0.05, 0) is 61.9 Å². The van der Waals surface area contributed by atoms with E-state index in [2.05, 4.69) is 0 Å². The Morgan fingerprint density at radius 2 is 1.63 bits per heavy atom. The maximum atomic E-state index is 13.0. The Labute approximate surface area is 174 Å². The number of carbonyl (C=O) groups excluding carboxylic acids is 1. The van der Waals surface area contributed by atoms with E-state index < -0.39 is 21.0 Å². The lowest BCUT2D eigenvalue weighted by atomic mass is 10.2. The summed E-state index contributed by atoms with van der Waals surface area (Å²) in [6.07, 6.45) is -0.0529. The van der Waals surface area contributed by atoms with Crippen LogP contribution in [0.1, 0.15) is 44.5 Å².